The van der Waals surface area contributed by atoms with E-state index >= 15 is 0 Å². The van der Waals surface area contributed by atoms with Crippen LogP contribution in [0, 0.1) is 11.8 Å². The molecule has 3 heterocycles. The summed E-state index contributed by atoms with van der Waals surface area (Å²) in [5.74, 6) is -1.51. The summed E-state index contributed by atoms with van der Waals surface area (Å²) in [6.45, 7) is 1.63. The van der Waals surface area contributed by atoms with Crippen LogP contribution in [0.2, 0.25) is 0 Å². The van der Waals surface area contributed by atoms with Gasteiger partial charge < -0.3 is 31.3 Å². The Balaban J connectivity index is 0.000000154. The summed E-state index contributed by atoms with van der Waals surface area (Å²) in [5, 5.41) is 35.9. The van der Waals surface area contributed by atoms with Crippen LogP contribution in [0.4, 0.5) is 0 Å². The molecule has 0 aromatic heterocycles. The van der Waals surface area contributed by atoms with Crippen molar-refractivity contribution < 1.29 is 29.7 Å². The Labute approximate surface area is 265 Å². The summed E-state index contributed by atoms with van der Waals surface area (Å²) < 4.78 is 0. The van der Waals surface area contributed by atoms with Gasteiger partial charge in [-0.2, -0.15) is 0 Å². The molecule has 3 fully saturated rings. The highest BCUT2D eigenvalue weighted by Crippen LogP contribution is 2.21. The van der Waals surface area contributed by atoms with Gasteiger partial charge in [0.05, 0.1) is 0 Å². The minimum atomic E-state index is -0.731. The third-order valence-electron chi connectivity index (χ3n) is 8.71. The molecule has 3 aliphatic heterocycles. The van der Waals surface area contributed by atoms with E-state index in [0.29, 0.717) is 12.0 Å². The van der Waals surface area contributed by atoms with Crippen molar-refractivity contribution in [1.82, 2.24) is 16.0 Å². The van der Waals surface area contributed by atoms with Gasteiger partial charge in [0, 0.05) is 6.04 Å². The number of hydrogen-bond acceptors (Lipinski definition) is 6. The van der Waals surface area contributed by atoms with Crippen molar-refractivity contribution in [3.05, 3.63) is 108 Å². The Morgan fingerprint density at radius 1 is 0.600 bits per heavy atom. The number of hydrogen-bond donors (Lipinski definition) is 6. The van der Waals surface area contributed by atoms with Gasteiger partial charge in [-0.15, -0.1) is 0 Å². The average molecular weight is 616 g/mol. The standard InChI is InChI=1S/3C12H15NO2/c14-12(15)11-7-10(8-13-11)6-9-4-2-1-3-5-9;14-12(15)11-10(6-7-13-11)8-9-4-2-1-3-5-9;14-12(15)11-7-6-10(13-11)8-9-4-2-1-3-5-9/h3*1-5,10-11,13H,6-8H2,(H,14,15)/t3*10?,11-/m000/s1. The SMILES string of the molecule is O=C(O)[C@@H]1CC(Cc2ccccc2)CN1.O=C(O)[C@@H]1CCC(Cc2ccccc2)N1.O=C(O)[C@H]1NCCC1Cc1ccccc1. The molecule has 9 nitrogen and oxygen atoms in total. The molecular formula is C36H45N3O6. The van der Waals surface area contributed by atoms with E-state index in [1.165, 1.54) is 16.7 Å². The highest BCUT2D eigenvalue weighted by Gasteiger charge is 2.32. The van der Waals surface area contributed by atoms with Crippen molar-refractivity contribution >= 4 is 17.9 Å². The minimum Gasteiger partial charge on any atom is -0.480 e. The second-order valence-electron chi connectivity index (χ2n) is 12.1. The van der Waals surface area contributed by atoms with E-state index in [-0.39, 0.29) is 24.0 Å². The van der Waals surface area contributed by atoms with E-state index in [4.69, 9.17) is 15.3 Å². The van der Waals surface area contributed by atoms with Gasteiger partial charge >= 0.3 is 17.9 Å². The quantitative estimate of drug-likeness (QED) is 0.210. The van der Waals surface area contributed by atoms with Crippen LogP contribution in [0.3, 0.4) is 0 Å². The third-order valence-corrected chi connectivity index (χ3v) is 8.71. The van der Waals surface area contributed by atoms with Crippen LogP contribution in [0.5, 0.6) is 0 Å². The molecule has 0 radical (unpaired) electrons. The summed E-state index contributed by atoms with van der Waals surface area (Å²) in [6, 6.07) is 29.7. The predicted octanol–water partition coefficient (Wildman–Crippen LogP) is 4.02. The van der Waals surface area contributed by atoms with Gasteiger partial charge in [-0.1, -0.05) is 91.0 Å². The van der Waals surface area contributed by atoms with Crippen molar-refractivity contribution in [2.45, 2.75) is 69.1 Å². The summed E-state index contributed by atoms with van der Waals surface area (Å²) in [6.07, 6.45) is 6.13. The highest BCUT2D eigenvalue weighted by atomic mass is 16.4. The zero-order chi connectivity index (χ0) is 32.0. The minimum absolute atomic E-state index is 0.227. The second kappa shape index (κ2) is 17.4. The first-order valence-corrected chi connectivity index (χ1v) is 15.8. The molecule has 3 aromatic carbocycles. The molecule has 9 heteroatoms. The molecule has 240 valence electrons. The molecule has 6 N–H and O–H groups in total. The average Bonchev–Trinajstić information content (AvgIpc) is 3.82. The molecule has 45 heavy (non-hydrogen) atoms. The summed E-state index contributed by atoms with van der Waals surface area (Å²) in [5.41, 5.74) is 3.77. The molecule has 6 rings (SSSR count). The van der Waals surface area contributed by atoms with Crippen LogP contribution in [0.15, 0.2) is 91.0 Å². The molecule has 6 atom stereocenters. The molecule has 3 saturated heterocycles. The monoisotopic (exact) mass is 615 g/mol. The van der Waals surface area contributed by atoms with Crippen molar-refractivity contribution in [3.8, 4) is 0 Å². The molecule has 0 amide bonds. The first-order valence-electron chi connectivity index (χ1n) is 15.8. The zero-order valence-corrected chi connectivity index (χ0v) is 25.6. The van der Waals surface area contributed by atoms with Crippen molar-refractivity contribution in [2.75, 3.05) is 13.1 Å². The summed E-state index contributed by atoms with van der Waals surface area (Å²) in [7, 11) is 0. The molecule has 0 spiro atoms. The molecule has 0 bridgehead atoms. The number of benzene rings is 3. The molecule has 3 aromatic rings. The first-order chi connectivity index (χ1) is 21.8. The van der Waals surface area contributed by atoms with Gasteiger partial charge in [0.25, 0.3) is 0 Å². The van der Waals surface area contributed by atoms with Gasteiger partial charge in [-0.3, -0.25) is 14.4 Å². The fourth-order valence-electron chi connectivity index (χ4n) is 6.36. The lowest BCUT2D eigenvalue weighted by Crippen LogP contribution is -2.36. The summed E-state index contributed by atoms with van der Waals surface area (Å²) in [4.78, 5) is 32.4. The number of aliphatic carboxylic acids is 3. The van der Waals surface area contributed by atoms with Gasteiger partial charge in [0.1, 0.15) is 18.1 Å². The number of carboxylic acid groups (broad SMARTS) is 3. The third kappa shape index (κ3) is 11.1. The highest BCUT2D eigenvalue weighted by molar-refractivity contribution is 5.74. The van der Waals surface area contributed by atoms with Gasteiger partial charge in [0.15, 0.2) is 0 Å². The zero-order valence-electron chi connectivity index (χ0n) is 25.6. The number of rotatable bonds is 9. The van der Waals surface area contributed by atoms with Crippen LogP contribution in [0.25, 0.3) is 0 Å². The van der Waals surface area contributed by atoms with E-state index in [1.54, 1.807) is 0 Å². The van der Waals surface area contributed by atoms with E-state index in [2.05, 4.69) is 52.3 Å². The maximum absolute atomic E-state index is 10.9. The lowest BCUT2D eigenvalue weighted by Gasteiger charge is -2.15. The van der Waals surface area contributed by atoms with Crippen LogP contribution >= 0.6 is 0 Å². The normalized spacial score (nSPS) is 25.3. The van der Waals surface area contributed by atoms with E-state index in [0.717, 1.165) is 58.0 Å². The van der Waals surface area contributed by atoms with Crippen molar-refractivity contribution in [1.29, 1.82) is 0 Å². The van der Waals surface area contributed by atoms with Crippen LogP contribution in [0.1, 0.15) is 42.4 Å². The van der Waals surface area contributed by atoms with Crippen LogP contribution in [-0.2, 0) is 33.6 Å². The number of carboxylic acids is 3. The fraction of sp³-hybridized carbons (Fsp3) is 0.417. The number of carbonyl (C=O) groups is 3. The molecule has 3 aliphatic rings. The van der Waals surface area contributed by atoms with Gasteiger partial charge in [-0.05, 0) is 86.6 Å². The largest absolute Gasteiger partial charge is 0.480 e. The Morgan fingerprint density at radius 3 is 1.62 bits per heavy atom. The van der Waals surface area contributed by atoms with Crippen molar-refractivity contribution in [3.63, 3.8) is 0 Å². The van der Waals surface area contributed by atoms with Gasteiger partial charge in [0.2, 0.25) is 0 Å². The Hall–Kier alpha value is -4.05. The van der Waals surface area contributed by atoms with Crippen molar-refractivity contribution in [2.24, 2.45) is 11.8 Å². The van der Waals surface area contributed by atoms with E-state index < -0.39 is 17.9 Å². The smallest absolute Gasteiger partial charge is 0.320 e. The molecular weight excluding hydrogens is 570 g/mol. The van der Waals surface area contributed by atoms with Crippen LogP contribution < -0.4 is 16.0 Å². The number of nitrogens with one attached hydrogen (secondary N) is 3. The predicted molar refractivity (Wildman–Crippen MR) is 173 cm³/mol. The first kappa shape index (κ1) is 33.8. The lowest BCUT2D eigenvalue weighted by atomic mass is 9.93. The van der Waals surface area contributed by atoms with Gasteiger partial charge in [-0.25, -0.2) is 0 Å². The molecule has 0 aliphatic carbocycles. The van der Waals surface area contributed by atoms with E-state index in [9.17, 15) is 14.4 Å². The molecule has 0 saturated carbocycles. The maximum atomic E-state index is 10.9. The van der Waals surface area contributed by atoms with E-state index in [1.807, 2.05) is 54.6 Å². The van der Waals surface area contributed by atoms with Crippen LogP contribution in [-0.4, -0.2) is 70.5 Å². The molecule has 3 unspecified atom stereocenters. The lowest BCUT2D eigenvalue weighted by molar-refractivity contribution is -0.140. The summed E-state index contributed by atoms with van der Waals surface area (Å²) >= 11 is 0. The Kier molecular flexibility index (Phi) is 13.1. The Morgan fingerprint density at radius 2 is 1.13 bits per heavy atom. The maximum Gasteiger partial charge on any atom is 0.320 e. The topological polar surface area (TPSA) is 148 Å². The fourth-order valence-corrected chi connectivity index (χ4v) is 6.36. The second-order valence-corrected chi connectivity index (χ2v) is 12.1. The Bertz CT molecular complexity index is 1270.